The van der Waals surface area contributed by atoms with E-state index in [9.17, 15) is 17.6 Å². The van der Waals surface area contributed by atoms with Gasteiger partial charge < -0.3 is 11.1 Å². The molecule has 194 valence electrons. The third-order valence-corrected chi connectivity index (χ3v) is 7.38. The summed E-state index contributed by atoms with van der Waals surface area (Å²) in [5.41, 5.74) is 9.68. The number of amides is 2. The van der Waals surface area contributed by atoms with Crippen molar-refractivity contribution in [1.82, 2.24) is 19.6 Å². The lowest BCUT2D eigenvalue weighted by Gasteiger charge is -2.11. The summed E-state index contributed by atoms with van der Waals surface area (Å²) < 4.78 is 42.6. The molecule has 2 amide bonds. The van der Waals surface area contributed by atoms with Crippen LogP contribution in [0.5, 0.6) is 0 Å². The van der Waals surface area contributed by atoms with Crippen molar-refractivity contribution in [3.8, 4) is 5.69 Å². The van der Waals surface area contributed by atoms with Gasteiger partial charge in [0.2, 0.25) is 0 Å². The topological polar surface area (TPSA) is 119 Å². The molecule has 10 heteroatoms. The largest absolute Gasteiger partial charge is 0.337 e. The fraction of sp³-hybridized carbons (Fsp3) is 0.259. The Morgan fingerprint density at radius 3 is 2.38 bits per heavy atom. The number of nitrogens with two attached hydrogens (primary N) is 1. The zero-order valence-electron chi connectivity index (χ0n) is 20.6. The number of hydrogen-bond donors (Lipinski definition) is 3. The maximum absolute atomic E-state index is 13.7. The van der Waals surface area contributed by atoms with Crippen molar-refractivity contribution in [1.29, 1.82) is 0 Å². The number of carbonyl (C=O) groups excluding carboxylic acids is 1. The number of imidazole rings is 1. The van der Waals surface area contributed by atoms with Crippen LogP contribution in [0.2, 0.25) is 0 Å². The number of unbranched alkanes of at least 4 members (excludes halogenated alkanes) is 1. The normalized spacial score (nSPS) is 11.5. The van der Waals surface area contributed by atoms with Crippen molar-refractivity contribution in [3.63, 3.8) is 0 Å². The molecule has 4 N–H and O–H groups in total. The van der Waals surface area contributed by atoms with Crippen LogP contribution < -0.4 is 15.8 Å². The van der Waals surface area contributed by atoms with Gasteiger partial charge in [0.25, 0.3) is 10.0 Å². The highest BCUT2D eigenvalue weighted by Gasteiger charge is 2.17. The van der Waals surface area contributed by atoms with E-state index in [-0.39, 0.29) is 17.3 Å². The van der Waals surface area contributed by atoms with Gasteiger partial charge in [-0.25, -0.2) is 27.3 Å². The highest BCUT2D eigenvalue weighted by Crippen LogP contribution is 2.24. The Morgan fingerprint density at radius 2 is 1.70 bits per heavy atom. The first-order chi connectivity index (χ1) is 17.8. The molecule has 0 atom stereocenters. The molecule has 0 saturated carbocycles. The van der Waals surface area contributed by atoms with Crippen LogP contribution in [0.25, 0.3) is 16.7 Å². The van der Waals surface area contributed by atoms with Gasteiger partial charge in [0.05, 0.1) is 15.9 Å². The monoisotopic (exact) mass is 523 g/mol. The second-order valence-electron chi connectivity index (χ2n) is 8.73. The lowest BCUT2D eigenvalue weighted by Crippen LogP contribution is -2.40. The Kier molecular flexibility index (Phi) is 8.20. The molecular weight excluding hydrogens is 493 g/mol. The van der Waals surface area contributed by atoms with E-state index in [4.69, 9.17) is 5.73 Å². The van der Waals surface area contributed by atoms with E-state index in [0.717, 1.165) is 47.4 Å². The van der Waals surface area contributed by atoms with Crippen LogP contribution in [-0.2, 0) is 29.4 Å². The van der Waals surface area contributed by atoms with E-state index >= 15 is 0 Å². The summed E-state index contributed by atoms with van der Waals surface area (Å²) in [5.74, 6) is 0.566. The van der Waals surface area contributed by atoms with E-state index in [0.29, 0.717) is 18.5 Å². The van der Waals surface area contributed by atoms with Gasteiger partial charge in [-0.2, -0.15) is 0 Å². The maximum atomic E-state index is 13.7. The van der Waals surface area contributed by atoms with Gasteiger partial charge in [0.15, 0.2) is 0 Å². The quantitative estimate of drug-likeness (QED) is 0.288. The zero-order chi connectivity index (χ0) is 26.4. The molecule has 0 aliphatic heterocycles. The number of fused-ring (bicyclic) bond motifs is 1. The molecule has 8 nitrogen and oxygen atoms in total. The zero-order valence-corrected chi connectivity index (χ0v) is 21.4. The Labute approximate surface area is 215 Å². The first-order valence-electron chi connectivity index (χ1n) is 12.2. The summed E-state index contributed by atoms with van der Waals surface area (Å²) in [6, 6.07) is 17.7. The number of nitrogens with zero attached hydrogens (tertiary/aromatic N) is 2. The number of aromatic nitrogens is 2. The molecule has 0 fully saturated rings. The number of sulfonamides is 1. The summed E-state index contributed by atoms with van der Waals surface area (Å²) >= 11 is 0. The van der Waals surface area contributed by atoms with E-state index in [1.165, 1.54) is 24.3 Å². The minimum Gasteiger partial charge on any atom is -0.337 e. The maximum Gasteiger partial charge on any atom is 0.328 e. The first-order valence-corrected chi connectivity index (χ1v) is 13.6. The number of urea groups is 1. The average Bonchev–Trinajstić information content (AvgIpc) is 3.24. The van der Waals surface area contributed by atoms with E-state index in [1.807, 2.05) is 33.6 Å². The standard InChI is InChI=1S/C27H30FN5O3S/c1-2-3-4-26-31-24-17-21(28)9-14-25(24)33(26)22-10-5-19(6-11-22)15-16-30-27(34)32-37(35,36)23-12-7-20(18-29)8-13-23/h5-14,17H,2-4,15-16,18,29H2,1H3,(H2,30,32,34). The predicted octanol–water partition coefficient (Wildman–Crippen LogP) is 4.20. The van der Waals surface area contributed by atoms with E-state index < -0.39 is 16.1 Å². The summed E-state index contributed by atoms with van der Waals surface area (Å²) in [5, 5.41) is 2.58. The van der Waals surface area contributed by atoms with Crippen molar-refractivity contribution in [2.75, 3.05) is 6.54 Å². The smallest absolute Gasteiger partial charge is 0.328 e. The second kappa shape index (κ2) is 11.5. The van der Waals surface area contributed by atoms with Crippen LogP contribution in [0.15, 0.2) is 71.6 Å². The van der Waals surface area contributed by atoms with Gasteiger partial charge in [0, 0.05) is 31.3 Å². The first kappa shape index (κ1) is 26.3. The van der Waals surface area contributed by atoms with Crippen molar-refractivity contribution in [3.05, 3.63) is 89.5 Å². The molecule has 0 aliphatic rings. The lowest BCUT2D eigenvalue weighted by atomic mass is 10.1. The average molecular weight is 524 g/mol. The molecular formula is C27H30FN5O3S. The molecule has 0 radical (unpaired) electrons. The summed E-state index contributed by atoms with van der Waals surface area (Å²) in [4.78, 5) is 16.8. The van der Waals surface area contributed by atoms with Crippen LogP contribution in [-0.4, -0.2) is 30.5 Å². The molecule has 0 aliphatic carbocycles. The van der Waals surface area contributed by atoms with Gasteiger partial charge in [-0.1, -0.05) is 37.6 Å². The minimum atomic E-state index is -3.98. The highest BCUT2D eigenvalue weighted by molar-refractivity contribution is 7.90. The Hall–Kier alpha value is -3.76. The van der Waals surface area contributed by atoms with Crippen LogP contribution in [0.1, 0.15) is 36.7 Å². The lowest BCUT2D eigenvalue weighted by molar-refractivity contribution is 0.246. The molecule has 0 saturated heterocycles. The summed E-state index contributed by atoms with van der Waals surface area (Å²) in [6.07, 6.45) is 3.30. The van der Waals surface area contributed by atoms with Crippen LogP contribution >= 0.6 is 0 Å². The summed E-state index contributed by atoms with van der Waals surface area (Å²) in [7, 11) is -3.98. The van der Waals surface area contributed by atoms with Crippen LogP contribution in [0.3, 0.4) is 0 Å². The number of halogens is 1. The van der Waals surface area contributed by atoms with Crippen molar-refractivity contribution in [2.24, 2.45) is 5.73 Å². The Balaban J connectivity index is 1.38. The van der Waals surface area contributed by atoms with Gasteiger partial charge in [-0.15, -0.1) is 0 Å². The molecule has 3 aromatic carbocycles. The van der Waals surface area contributed by atoms with E-state index in [1.54, 1.807) is 18.2 Å². The minimum absolute atomic E-state index is 0.0106. The molecule has 1 aromatic heterocycles. The number of benzene rings is 3. The van der Waals surface area contributed by atoms with Crippen molar-refractivity contribution >= 4 is 27.1 Å². The van der Waals surface area contributed by atoms with Gasteiger partial charge >= 0.3 is 6.03 Å². The Bertz CT molecular complexity index is 1480. The predicted molar refractivity (Wildman–Crippen MR) is 141 cm³/mol. The van der Waals surface area contributed by atoms with Gasteiger partial charge in [0.1, 0.15) is 11.6 Å². The SMILES string of the molecule is CCCCc1nc2cc(F)ccc2n1-c1ccc(CCNC(=O)NS(=O)(=O)c2ccc(CN)cc2)cc1. The number of carbonyl (C=O) groups is 1. The van der Waals surface area contributed by atoms with Gasteiger partial charge in [-0.3, -0.25) is 4.57 Å². The summed E-state index contributed by atoms with van der Waals surface area (Å²) in [6.45, 7) is 2.67. The third kappa shape index (κ3) is 6.33. The molecule has 0 unspecified atom stereocenters. The number of aryl methyl sites for hydroxylation is 1. The van der Waals surface area contributed by atoms with Crippen molar-refractivity contribution < 1.29 is 17.6 Å². The molecule has 0 spiro atoms. The van der Waals surface area contributed by atoms with Crippen molar-refractivity contribution in [2.45, 2.75) is 44.0 Å². The Morgan fingerprint density at radius 1 is 1.00 bits per heavy atom. The third-order valence-electron chi connectivity index (χ3n) is 6.03. The molecule has 4 aromatic rings. The molecule has 0 bridgehead atoms. The number of hydrogen-bond acceptors (Lipinski definition) is 5. The molecule has 1 heterocycles. The number of nitrogens with one attached hydrogen (secondary N) is 2. The van der Waals surface area contributed by atoms with Crippen LogP contribution in [0.4, 0.5) is 9.18 Å². The second-order valence-corrected chi connectivity index (χ2v) is 10.4. The molecule has 4 rings (SSSR count). The van der Waals surface area contributed by atoms with E-state index in [2.05, 4.69) is 17.2 Å². The molecule has 37 heavy (non-hydrogen) atoms. The highest BCUT2D eigenvalue weighted by atomic mass is 32.2. The van der Waals surface area contributed by atoms with Gasteiger partial charge in [-0.05, 0) is 60.4 Å². The fourth-order valence-electron chi connectivity index (χ4n) is 4.05. The fourth-order valence-corrected chi connectivity index (χ4v) is 4.98. The number of rotatable bonds is 10. The van der Waals surface area contributed by atoms with Crippen LogP contribution in [0, 0.1) is 5.82 Å².